The van der Waals surface area contributed by atoms with Gasteiger partial charge in [0.05, 0.1) is 11.5 Å². The number of nitrogens with zero attached hydrogens (tertiary/aromatic N) is 2. The first kappa shape index (κ1) is 19.4. The van der Waals surface area contributed by atoms with Crippen LogP contribution in [0.15, 0.2) is 61.3 Å². The van der Waals surface area contributed by atoms with Crippen LogP contribution in [0.1, 0.15) is 48.5 Å². The Morgan fingerprint density at radius 3 is 2.62 bits per heavy atom. The first-order valence-corrected chi connectivity index (χ1v) is 10.4. The first-order valence-electron chi connectivity index (χ1n) is 10.4. The molecule has 2 aliphatic rings. The highest BCUT2D eigenvalue weighted by molar-refractivity contribution is 5.90. The standard InChI is InChI=1S/C24H27N3O2/c1-2-22(28)27-16-13-24(14-17-27,18-8-4-3-5-9-18)23(29)26-21-12-6-11-20-19(21)10-7-15-25-20/h2-5,7-10,15,21H,1,6,11-14,16-17H2,(H,26,29). The Morgan fingerprint density at radius 1 is 1.14 bits per heavy atom. The predicted octanol–water partition coefficient (Wildman–Crippen LogP) is 3.32. The largest absolute Gasteiger partial charge is 0.348 e. The lowest BCUT2D eigenvalue weighted by Gasteiger charge is -2.42. The highest BCUT2D eigenvalue weighted by atomic mass is 16.2. The van der Waals surface area contributed by atoms with Crippen molar-refractivity contribution in [3.63, 3.8) is 0 Å². The highest BCUT2D eigenvalue weighted by Crippen LogP contribution is 2.38. The number of hydrogen-bond donors (Lipinski definition) is 1. The highest BCUT2D eigenvalue weighted by Gasteiger charge is 2.44. The molecule has 1 fully saturated rings. The van der Waals surface area contributed by atoms with Crippen molar-refractivity contribution in [2.75, 3.05) is 13.1 Å². The molecule has 2 amide bonds. The van der Waals surface area contributed by atoms with Gasteiger partial charge in [0.1, 0.15) is 0 Å². The Morgan fingerprint density at radius 2 is 1.90 bits per heavy atom. The summed E-state index contributed by atoms with van der Waals surface area (Å²) in [4.78, 5) is 32.0. The van der Waals surface area contributed by atoms with E-state index in [1.807, 2.05) is 42.6 Å². The average Bonchev–Trinajstić information content (AvgIpc) is 2.79. The molecule has 1 saturated heterocycles. The first-order chi connectivity index (χ1) is 14.1. The molecule has 1 aliphatic carbocycles. The molecule has 0 spiro atoms. The van der Waals surface area contributed by atoms with Crippen LogP contribution >= 0.6 is 0 Å². The lowest BCUT2D eigenvalue weighted by Crippen LogP contribution is -2.53. The molecule has 29 heavy (non-hydrogen) atoms. The number of amides is 2. The van der Waals surface area contributed by atoms with Gasteiger partial charge in [0.15, 0.2) is 0 Å². The second-order valence-corrected chi connectivity index (χ2v) is 7.94. The summed E-state index contributed by atoms with van der Waals surface area (Å²) in [6, 6.07) is 14.0. The van der Waals surface area contributed by atoms with Gasteiger partial charge in [0, 0.05) is 25.0 Å². The van der Waals surface area contributed by atoms with Crippen molar-refractivity contribution in [1.82, 2.24) is 15.2 Å². The lowest BCUT2D eigenvalue weighted by atomic mass is 9.71. The Labute approximate surface area is 171 Å². The third-order valence-electron chi connectivity index (χ3n) is 6.38. The third-order valence-corrected chi connectivity index (χ3v) is 6.38. The van der Waals surface area contributed by atoms with Gasteiger partial charge >= 0.3 is 0 Å². The van der Waals surface area contributed by atoms with E-state index in [0.717, 1.165) is 36.1 Å². The summed E-state index contributed by atoms with van der Waals surface area (Å²) < 4.78 is 0. The number of pyridine rings is 1. The van der Waals surface area contributed by atoms with Crippen LogP contribution in [0.3, 0.4) is 0 Å². The number of rotatable bonds is 4. The Bertz CT molecular complexity index is 901. The van der Waals surface area contributed by atoms with Crippen molar-refractivity contribution in [2.24, 2.45) is 0 Å². The Balaban J connectivity index is 1.60. The molecule has 1 atom stereocenters. The van der Waals surface area contributed by atoms with E-state index in [4.69, 9.17) is 0 Å². The number of carbonyl (C=O) groups is 2. The van der Waals surface area contributed by atoms with Gasteiger partial charge in [-0.2, -0.15) is 0 Å². The zero-order valence-electron chi connectivity index (χ0n) is 16.6. The van der Waals surface area contributed by atoms with E-state index in [9.17, 15) is 9.59 Å². The van der Waals surface area contributed by atoms with E-state index < -0.39 is 5.41 Å². The van der Waals surface area contributed by atoms with Crippen LogP contribution < -0.4 is 5.32 Å². The van der Waals surface area contributed by atoms with Gasteiger partial charge in [0.2, 0.25) is 11.8 Å². The van der Waals surface area contributed by atoms with Crippen molar-refractivity contribution in [1.29, 1.82) is 0 Å². The van der Waals surface area contributed by atoms with Crippen molar-refractivity contribution in [2.45, 2.75) is 43.6 Å². The fourth-order valence-electron chi connectivity index (χ4n) is 4.69. The van der Waals surface area contributed by atoms with E-state index in [0.29, 0.717) is 25.9 Å². The van der Waals surface area contributed by atoms with Crippen LogP contribution in [0.4, 0.5) is 0 Å². The number of hydrogen-bond acceptors (Lipinski definition) is 3. The molecule has 1 N–H and O–H groups in total. The smallest absolute Gasteiger partial charge is 0.245 e. The summed E-state index contributed by atoms with van der Waals surface area (Å²) in [7, 11) is 0. The average molecular weight is 389 g/mol. The molecule has 2 aromatic rings. The third kappa shape index (κ3) is 3.69. The molecule has 1 unspecified atom stereocenters. The molecule has 1 aliphatic heterocycles. The number of piperidine rings is 1. The normalized spacial score (nSPS) is 20.4. The van der Waals surface area contributed by atoms with Crippen molar-refractivity contribution in [3.05, 3.63) is 78.1 Å². The zero-order valence-corrected chi connectivity index (χ0v) is 16.6. The maximum absolute atomic E-state index is 13.7. The minimum atomic E-state index is -0.626. The van der Waals surface area contributed by atoms with Gasteiger partial charge in [-0.1, -0.05) is 43.0 Å². The SMILES string of the molecule is C=CC(=O)N1CCC(C(=O)NC2CCCc3ncccc32)(c2ccccc2)CC1. The van der Waals surface area contributed by atoms with Crippen LogP contribution in [0.25, 0.3) is 0 Å². The zero-order chi connectivity index (χ0) is 20.3. The molecule has 0 saturated carbocycles. The van der Waals surface area contributed by atoms with Crippen LogP contribution in [0, 0.1) is 0 Å². The van der Waals surface area contributed by atoms with Crippen molar-refractivity contribution in [3.8, 4) is 0 Å². The quantitative estimate of drug-likeness (QED) is 0.816. The number of benzene rings is 1. The molecule has 1 aromatic heterocycles. The number of carbonyl (C=O) groups excluding carboxylic acids is 2. The Kier molecular flexibility index (Phi) is 5.47. The summed E-state index contributed by atoms with van der Waals surface area (Å²) in [6.45, 7) is 4.69. The molecule has 0 radical (unpaired) electrons. The van der Waals surface area contributed by atoms with Crippen LogP contribution in [-0.2, 0) is 21.4 Å². The van der Waals surface area contributed by atoms with Crippen LogP contribution in [0.5, 0.6) is 0 Å². The van der Waals surface area contributed by atoms with Gasteiger partial charge < -0.3 is 10.2 Å². The molecule has 4 rings (SSSR count). The van der Waals surface area contributed by atoms with Crippen molar-refractivity contribution < 1.29 is 9.59 Å². The number of aryl methyl sites for hydroxylation is 1. The van der Waals surface area contributed by atoms with E-state index in [-0.39, 0.29) is 17.9 Å². The molecule has 2 heterocycles. The fourth-order valence-corrected chi connectivity index (χ4v) is 4.69. The van der Waals surface area contributed by atoms with Crippen LogP contribution in [-0.4, -0.2) is 34.8 Å². The topological polar surface area (TPSA) is 62.3 Å². The van der Waals surface area contributed by atoms with Gasteiger partial charge in [-0.05, 0) is 55.4 Å². The maximum Gasteiger partial charge on any atom is 0.245 e. The van der Waals surface area contributed by atoms with Gasteiger partial charge in [-0.15, -0.1) is 0 Å². The van der Waals surface area contributed by atoms with Gasteiger partial charge in [-0.25, -0.2) is 0 Å². The number of aromatic nitrogens is 1. The lowest BCUT2D eigenvalue weighted by molar-refractivity contribution is -0.134. The Hall–Kier alpha value is -2.95. The number of fused-ring (bicyclic) bond motifs is 1. The fraction of sp³-hybridized carbons (Fsp3) is 0.375. The second kappa shape index (κ2) is 8.19. The molecule has 5 heteroatoms. The molecular weight excluding hydrogens is 362 g/mol. The second-order valence-electron chi connectivity index (χ2n) is 7.94. The molecular formula is C24H27N3O2. The summed E-state index contributed by atoms with van der Waals surface area (Å²) >= 11 is 0. The van der Waals surface area contributed by atoms with E-state index in [1.54, 1.807) is 4.90 Å². The van der Waals surface area contributed by atoms with Crippen molar-refractivity contribution >= 4 is 11.8 Å². The molecule has 150 valence electrons. The van der Waals surface area contributed by atoms with Gasteiger partial charge in [0.25, 0.3) is 0 Å². The summed E-state index contributed by atoms with van der Waals surface area (Å²) in [6.07, 6.45) is 7.29. The molecule has 1 aromatic carbocycles. The summed E-state index contributed by atoms with van der Waals surface area (Å²) in [5.41, 5.74) is 2.61. The van der Waals surface area contributed by atoms with E-state index >= 15 is 0 Å². The summed E-state index contributed by atoms with van der Waals surface area (Å²) in [5.74, 6) is -0.0181. The van der Waals surface area contributed by atoms with E-state index in [2.05, 4.69) is 22.9 Å². The molecule has 0 bridgehead atoms. The van der Waals surface area contributed by atoms with Crippen LogP contribution in [0.2, 0.25) is 0 Å². The number of nitrogens with one attached hydrogen (secondary N) is 1. The number of likely N-dealkylation sites (tertiary alicyclic amines) is 1. The molecule has 5 nitrogen and oxygen atoms in total. The van der Waals surface area contributed by atoms with Gasteiger partial charge in [-0.3, -0.25) is 14.6 Å². The van der Waals surface area contributed by atoms with E-state index in [1.165, 1.54) is 6.08 Å². The minimum Gasteiger partial charge on any atom is -0.348 e. The predicted molar refractivity (Wildman–Crippen MR) is 112 cm³/mol. The monoisotopic (exact) mass is 389 g/mol. The minimum absolute atomic E-state index is 0.00614. The summed E-state index contributed by atoms with van der Waals surface area (Å²) in [5, 5.41) is 3.34. The maximum atomic E-state index is 13.7.